The highest BCUT2D eigenvalue weighted by Gasteiger charge is 2.20. The SMILES string of the molecule is CC(=O)N1CCN(c2ncc(C(=O)NO)cn2)CC1.CSc1ccc(/C=C\c2ccc(C)cc2)cc1. The van der Waals surface area contributed by atoms with E-state index in [1.54, 1.807) is 23.6 Å². The minimum atomic E-state index is -0.645. The third-order valence-electron chi connectivity index (χ3n) is 5.67. The lowest BCUT2D eigenvalue weighted by atomic mass is 10.1. The van der Waals surface area contributed by atoms with Crippen LogP contribution in [0.1, 0.15) is 34.0 Å². The number of benzene rings is 2. The van der Waals surface area contributed by atoms with Crippen LogP contribution in [0.5, 0.6) is 0 Å². The molecule has 2 aromatic carbocycles. The molecule has 4 rings (SSSR count). The molecule has 0 spiro atoms. The van der Waals surface area contributed by atoms with Crippen LogP contribution in [0.15, 0.2) is 65.8 Å². The molecule has 2 heterocycles. The first-order valence-electron chi connectivity index (χ1n) is 11.6. The summed E-state index contributed by atoms with van der Waals surface area (Å²) in [5.74, 6) is -0.0684. The van der Waals surface area contributed by atoms with E-state index >= 15 is 0 Å². The van der Waals surface area contributed by atoms with E-state index in [2.05, 4.69) is 83.8 Å². The van der Waals surface area contributed by atoms with Gasteiger partial charge in [-0.1, -0.05) is 54.1 Å². The number of amides is 2. The van der Waals surface area contributed by atoms with Gasteiger partial charge < -0.3 is 9.80 Å². The van der Waals surface area contributed by atoms with E-state index in [0.717, 1.165) is 0 Å². The summed E-state index contributed by atoms with van der Waals surface area (Å²) in [7, 11) is 0. The number of aromatic nitrogens is 2. The van der Waals surface area contributed by atoms with Gasteiger partial charge in [-0.15, -0.1) is 11.8 Å². The number of hydrogen-bond donors (Lipinski definition) is 2. The van der Waals surface area contributed by atoms with Crippen LogP contribution in [-0.2, 0) is 4.79 Å². The Bertz CT molecular complexity index is 1160. The zero-order valence-corrected chi connectivity index (χ0v) is 21.5. The lowest BCUT2D eigenvalue weighted by molar-refractivity contribution is -0.129. The van der Waals surface area contributed by atoms with Gasteiger partial charge in [0.25, 0.3) is 5.91 Å². The number of nitrogens with one attached hydrogen (secondary N) is 1. The highest BCUT2D eigenvalue weighted by atomic mass is 32.2. The van der Waals surface area contributed by atoms with E-state index in [-0.39, 0.29) is 11.5 Å². The third kappa shape index (κ3) is 7.93. The molecule has 1 fully saturated rings. The number of anilines is 1. The number of thioether (sulfide) groups is 1. The minimum Gasteiger partial charge on any atom is -0.339 e. The number of aryl methyl sites for hydroxylation is 1. The van der Waals surface area contributed by atoms with Crippen molar-refractivity contribution < 1.29 is 14.8 Å². The zero-order chi connectivity index (χ0) is 25.9. The van der Waals surface area contributed by atoms with Crippen LogP contribution in [0.25, 0.3) is 12.2 Å². The van der Waals surface area contributed by atoms with Gasteiger partial charge >= 0.3 is 0 Å². The molecule has 2 N–H and O–H groups in total. The van der Waals surface area contributed by atoms with Gasteiger partial charge in [-0.3, -0.25) is 14.8 Å². The molecule has 36 heavy (non-hydrogen) atoms. The van der Waals surface area contributed by atoms with E-state index in [1.807, 2.05) is 4.90 Å². The van der Waals surface area contributed by atoms with Gasteiger partial charge in [0.15, 0.2) is 0 Å². The summed E-state index contributed by atoms with van der Waals surface area (Å²) < 4.78 is 0. The summed E-state index contributed by atoms with van der Waals surface area (Å²) in [6.45, 7) is 6.24. The van der Waals surface area contributed by atoms with Crippen LogP contribution in [0.4, 0.5) is 5.95 Å². The number of hydroxylamine groups is 1. The highest BCUT2D eigenvalue weighted by molar-refractivity contribution is 7.98. The molecular formula is C27H31N5O3S. The summed E-state index contributed by atoms with van der Waals surface area (Å²) in [4.78, 5) is 35.5. The molecule has 3 aromatic rings. The zero-order valence-electron chi connectivity index (χ0n) is 20.7. The second-order valence-electron chi connectivity index (χ2n) is 8.22. The van der Waals surface area contributed by atoms with Gasteiger partial charge in [0.05, 0.1) is 5.56 Å². The molecule has 9 heteroatoms. The fraction of sp³-hybridized carbons (Fsp3) is 0.259. The predicted octanol–water partition coefficient (Wildman–Crippen LogP) is 4.15. The Kier molecular flexibility index (Phi) is 10.0. The van der Waals surface area contributed by atoms with Crippen LogP contribution < -0.4 is 10.4 Å². The van der Waals surface area contributed by atoms with Crippen molar-refractivity contribution in [3.8, 4) is 0 Å². The monoisotopic (exact) mass is 505 g/mol. The second-order valence-corrected chi connectivity index (χ2v) is 9.10. The van der Waals surface area contributed by atoms with Gasteiger partial charge in [-0.2, -0.15) is 0 Å². The van der Waals surface area contributed by atoms with Gasteiger partial charge in [0, 0.05) is 50.4 Å². The average molecular weight is 506 g/mol. The molecule has 2 amide bonds. The molecule has 0 aliphatic carbocycles. The number of piperazine rings is 1. The summed E-state index contributed by atoms with van der Waals surface area (Å²) in [5.41, 5.74) is 5.49. The topological polar surface area (TPSA) is 98.7 Å². The maximum Gasteiger partial charge on any atom is 0.277 e. The Hall–Kier alpha value is -3.69. The molecule has 0 unspecified atom stereocenters. The summed E-state index contributed by atoms with van der Waals surface area (Å²) >= 11 is 1.77. The van der Waals surface area contributed by atoms with Gasteiger partial charge in [-0.05, 0) is 36.4 Å². The molecule has 1 aliphatic heterocycles. The Labute approximate surface area is 216 Å². The van der Waals surface area contributed by atoms with Crippen molar-refractivity contribution in [1.29, 1.82) is 0 Å². The third-order valence-corrected chi connectivity index (χ3v) is 6.41. The van der Waals surface area contributed by atoms with Crippen LogP contribution in [-0.4, -0.2) is 64.3 Å². The van der Waals surface area contributed by atoms with Gasteiger partial charge in [0.2, 0.25) is 11.9 Å². The molecule has 0 saturated carbocycles. The van der Waals surface area contributed by atoms with Crippen molar-refractivity contribution in [3.63, 3.8) is 0 Å². The number of nitrogens with zero attached hydrogens (tertiary/aromatic N) is 4. The molecule has 8 nitrogen and oxygen atoms in total. The predicted molar refractivity (Wildman–Crippen MR) is 144 cm³/mol. The molecular weight excluding hydrogens is 474 g/mol. The number of hydrogen-bond acceptors (Lipinski definition) is 7. The first kappa shape index (κ1) is 26.9. The van der Waals surface area contributed by atoms with E-state index < -0.39 is 5.91 Å². The molecule has 0 bridgehead atoms. The first-order chi connectivity index (χ1) is 17.4. The molecule has 1 aliphatic rings. The Morgan fingerprint density at radius 1 is 0.917 bits per heavy atom. The quantitative estimate of drug-likeness (QED) is 0.233. The molecule has 0 atom stereocenters. The van der Waals surface area contributed by atoms with Gasteiger partial charge in [-0.25, -0.2) is 15.4 Å². The van der Waals surface area contributed by atoms with Crippen LogP contribution in [0.3, 0.4) is 0 Å². The Morgan fingerprint density at radius 2 is 1.44 bits per heavy atom. The van der Waals surface area contributed by atoms with E-state index in [1.165, 1.54) is 39.5 Å². The first-order valence-corrected chi connectivity index (χ1v) is 12.8. The standard InChI is InChI=1S/C16H16S.C11H15N5O3/c1-13-3-5-14(6-4-13)7-8-15-9-11-16(17-2)12-10-15;1-8(17)15-2-4-16(5-3-15)11-12-6-9(7-13-11)10(18)14-19/h3-12H,1-2H3;6-7,19H,2-5H2,1H3,(H,14,18)/b8-7-;. The van der Waals surface area contributed by atoms with Crippen LogP contribution in [0, 0.1) is 6.92 Å². The minimum absolute atomic E-state index is 0.0653. The fourth-order valence-electron chi connectivity index (χ4n) is 3.47. The molecule has 1 aromatic heterocycles. The summed E-state index contributed by atoms with van der Waals surface area (Å²) in [6, 6.07) is 17.2. The normalized spacial score (nSPS) is 13.2. The lowest BCUT2D eigenvalue weighted by Crippen LogP contribution is -2.48. The maximum absolute atomic E-state index is 11.2. The van der Waals surface area contributed by atoms with Crippen molar-refractivity contribution in [3.05, 3.63) is 83.2 Å². The summed E-state index contributed by atoms with van der Waals surface area (Å²) in [5, 5.41) is 8.48. The molecule has 1 saturated heterocycles. The molecule has 0 radical (unpaired) electrons. The molecule has 188 valence electrons. The van der Waals surface area contributed by atoms with Crippen molar-refractivity contribution in [2.75, 3.05) is 37.3 Å². The van der Waals surface area contributed by atoms with E-state index in [4.69, 9.17) is 5.21 Å². The Balaban J connectivity index is 0.000000202. The number of carbonyl (C=O) groups is 2. The lowest BCUT2D eigenvalue weighted by Gasteiger charge is -2.34. The van der Waals surface area contributed by atoms with Crippen molar-refractivity contribution >= 4 is 41.7 Å². The van der Waals surface area contributed by atoms with Crippen molar-refractivity contribution in [1.82, 2.24) is 20.3 Å². The van der Waals surface area contributed by atoms with Gasteiger partial charge in [0.1, 0.15) is 0 Å². The second kappa shape index (κ2) is 13.4. The highest BCUT2D eigenvalue weighted by Crippen LogP contribution is 2.16. The van der Waals surface area contributed by atoms with E-state index in [9.17, 15) is 9.59 Å². The van der Waals surface area contributed by atoms with Crippen molar-refractivity contribution in [2.45, 2.75) is 18.7 Å². The van der Waals surface area contributed by atoms with Crippen LogP contribution in [0.2, 0.25) is 0 Å². The largest absolute Gasteiger partial charge is 0.339 e. The summed E-state index contributed by atoms with van der Waals surface area (Å²) in [6.07, 6.45) is 9.09. The van der Waals surface area contributed by atoms with Crippen LogP contribution >= 0.6 is 11.8 Å². The van der Waals surface area contributed by atoms with E-state index in [0.29, 0.717) is 32.1 Å². The Morgan fingerprint density at radius 3 is 1.92 bits per heavy atom. The smallest absolute Gasteiger partial charge is 0.277 e. The van der Waals surface area contributed by atoms with Crippen molar-refractivity contribution in [2.24, 2.45) is 0 Å². The number of rotatable bonds is 5. The maximum atomic E-state index is 11.2. The average Bonchev–Trinajstić information content (AvgIpc) is 2.93. The number of carbonyl (C=O) groups excluding carboxylic acids is 2. The fourth-order valence-corrected chi connectivity index (χ4v) is 3.88.